The Bertz CT molecular complexity index is 348. The van der Waals surface area contributed by atoms with Crippen LogP contribution in [-0.2, 0) is 4.79 Å². The van der Waals surface area contributed by atoms with Crippen LogP contribution in [0.1, 0.15) is 53.9 Å². The minimum Gasteiger partial charge on any atom is -0.368 e. The van der Waals surface area contributed by atoms with E-state index in [2.05, 4.69) is 25.7 Å². The normalized spacial score (nSPS) is 37.1. The van der Waals surface area contributed by atoms with Crippen molar-refractivity contribution < 1.29 is 4.79 Å². The first-order chi connectivity index (χ1) is 7.56. The maximum absolute atomic E-state index is 11.6. The smallest absolute Gasteiger partial charge is 0.237 e. The minimum atomic E-state index is -0.511. The molecule has 1 heterocycles. The van der Waals surface area contributed by atoms with Crippen molar-refractivity contribution in [2.75, 3.05) is 6.54 Å². The summed E-state index contributed by atoms with van der Waals surface area (Å²) >= 11 is 0. The maximum atomic E-state index is 11.6. The van der Waals surface area contributed by atoms with E-state index in [1.807, 2.05) is 13.8 Å². The highest BCUT2D eigenvalue weighted by Gasteiger charge is 2.54. The zero-order chi connectivity index (χ0) is 13.1. The topological polar surface area (TPSA) is 46.3 Å². The molecule has 1 amide bonds. The lowest BCUT2D eigenvalue weighted by Gasteiger charge is -2.41. The maximum Gasteiger partial charge on any atom is 0.237 e. The summed E-state index contributed by atoms with van der Waals surface area (Å²) in [6.07, 6.45) is 3.65. The van der Waals surface area contributed by atoms with Crippen LogP contribution in [0.2, 0.25) is 0 Å². The van der Waals surface area contributed by atoms with Crippen molar-refractivity contribution in [3.63, 3.8) is 0 Å². The molecule has 0 aromatic heterocycles. The molecule has 1 saturated carbocycles. The Morgan fingerprint density at radius 1 is 1.29 bits per heavy atom. The number of amides is 1. The SMILES string of the molecule is CC1(C)CC2CC(C)(CN2C(C)(C)C(N)=O)C1. The zero-order valence-corrected chi connectivity index (χ0v) is 11.8. The Balaban J connectivity index is 2.28. The van der Waals surface area contributed by atoms with Gasteiger partial charge < -0.3 is 5.73 Å². The van der Waals surface area contributed by atoms with Crippen molar-refractivity contribution in [1.29, 1.82) is 0 Å². The lowest BCUT2D eigenvalue weighted by Crippen LogP contribution is -2.55. The van der Waals surface area contributed by atoms with Gasteiger partial charge in [0.05, 0.1) is 5.54 Å². The van der Waals surface area contributed by atoms with E-state index in [4.69, 9.17) is 5.73 Å². The fourth-order valence-electron chi connectivity index (χ4n) is 4.26. The molecule has 2 aliphatic rings. The van der Waals surface area contributed by atoms with Crippen LogP contribution in [-0.4, -0.2) is 28.9 Å². The van der Waals surface area contributed by atoms with Gasteiger partial charge in [0.2, 0.25) is 5.91 Å². The van der Waals surface area contributed by atoms with E-state index in [9.17, 15) is 4.79 Å². The summed E-state index contributed by atoms with van der Waals surface area (Å²) in [5.41, 5.74) is 5.80. The average Bonchev–Trinajstić information content (AvgIpc) is 2.34. The van der Waals surface area contributed by atoms with Gasteiger partial charge in [-0.25, -0.2) is 0 Å². The number of nitrogens with zero attached hydrogens (tertiary/aromatic N) is 1. The van der Waals surface area contributed by atoms with Crippen LogP contribution in [0.15, 0.2) is 0 Å². The monoisotopic (exact) mass is 238 g/mol. The number of carbonyl (C=O) groups excluding carboxylic acids is 1. The van der Waals surface area contributed by atoms with E-state index in [0.717, 1.165) is 6.54 Å². The highest BCUT2D eigenvalue weighted by molar-refractivity contribution is 5.83. The van der Waals surface area contributed by atoms with Crippen LogP contribution in [0.25, 0.3) is 0 Å². The van der Waals surface area contributed by atoms with E-state index in [1.165, 1.54) is 19.3 Å². The van der Waals surface area contributed by atoms with Crippen molar-refractivity contribution >= 4 is 5.91 Å². The van der Waals surface area contributed by atoms with Gasteiger partial charge in [0.15, 0.2) is 0 Å². The van der Waals surface area contributed by atoms with Crippen molar-refractivity contribution in [3.05, 3.63) is 0 Å². The van der Waals surface area contributed by atoms with E-state index in [0.29, 0.717) is 16.9 Å². The molecule has 0 aromatic rings. The second kappa shape index (κ2) is 3.47. The molecule has 1 saturated heterocycles. The first-order valence-corrected chi connectivity index (χ1v) is 6.63. The summed E-state index contributed by atoms with van der Waals surface area (Å²) in [7, 11) is 0. The van der Waals surface area contributed by atoms with Crippen molar-refractivity contribution in [2.24, 2.45) is 16.6 Å². The number of rotatable bonds is 2. The van der Waals surface area contributed by atoms with Crippen LogP contribution in [0.4, 0.5) is 0 Å². The molecular formula is C14H26N2O. The average molecular weight is 238 g/mol. The summed E-state index contributed by atoms with van der Waals surface area (Å²) in [6, 6.07) is 0.520. The second-order valence-corrected chi connectivity index (χ2v) is 7.76. The highest BCUT2D eigenvalue weighted by Crippen LogP contribution is 2.53. The van der Waals surface area contributed by atoms with Gasteiger partial charge >= 0.3 is 0 Å². The van der Waals surface area contributed by atoms with Gasteiger partial charge in [-0.05, 0) is 43.9 Å². The predicted octanol–water partition coefficient (Wildman–Crippen LogP) is 2.15. The molecule has 0 aromatic carbocycles. The van der Waals surface area contributed by atoms with E-state index in [-0.39, 0.29) is 5.91 Å². The molecule has 2 fully saturated rings. The fourth-order valence-corrected chi connectivity index (χ4v) is 4.26. The van der Waals surface area contributed by atoms with Crippen LogP contribution < -0.4 is 5.73 Å². The van der Waals surface area contributed by atoms with Crippen LogP contribution in [0.3, 0.4) is 0 Å². The molecule has 2 N–H and O–H groups in total. The summed E-state index contributed by atoms with van der Waals surface area (Å²) in [5, 5.41) is 0. The van der Waals surface area contributed by atoms with E-state index < -0.39 is 5.54 Å². The zero-order valence-electron chi connectivity index (χ0n) is 11.8. The Morgan fingerprint density at radius 2 is 1.88 bits per heavy atom. The quantitative estimate of drug-likeness (QED) is 0.801. The van der Waals surface area contributed by atoms with Gasteiger partial charge in [-0.15, -0.1) is 0 Å². The minimum absolute atomic E-state index is 0.202. The Labute approximate surface area is 105 Å². The molecule has 2 atom stereocenters. The van der Waals surface area contributed by atoms with Crippen LogP contribution >= 0.6 is 0 Å². The molecule has 3 heteroatoms. The third-order valence-corrected chi connectivity index (χ3v) is 4.74. The van der Waals surface area contributed by atoms with Crippen molar-refractivity contribution in [1.82, 2.24) is 4.90 Å². The summed E-state index contributed by atoms with van der Waals surface area (Å²) in [4.78, 5) is 14.0. The van der Waals surface area contributed by atoms with Gasteiger partial charge in [0, 0.05) is 12.6 Å². The molecule has 2 bridgehead atoms. The van der Waals surface area contributed by atoms with E-state index >= 15 is 0 Å². The summed E-state index contributed by atoms with van der Waals surface area (Å²) in [6.45, 7) is 12.0. The van der Waals surface area contributed by atoms with Crippen molar-refractivity contribution in [2.45, 2.75) is 65.5 Å². The number of hydrogen-bond donors (Lipinski definition) is 1. The molecule has 98 valence electrons. The summed E-state index contributed by atoms with van der Waals surface area (Å²) in [5.74, 6) is -0.202. The van der Waals surface area contributed by atoms with Gasteiger partial charge in [-0.1, -0.05) is 20.8 Å². The third-order valence-electron chi connectivity index (χ3n) is 4.74. The molecule has 1 aliphatic heterocycles. The number of hydrogen-bond acceptors (Lipinski definition) is 2. The van der Waals surface area contributed by atoms with Gasteiger partial charge in [-0.2, -0.15) is 0 Å². The third kappa shape index (κ3) is 2.10. The highest BCUT2D eigenvalue weighted by atomic mass is 16.1. The molecule has 3 nitrogen and oxygen atoms in total. The predicted molar refractivity (Wildman–Crippen MR) is 69.5 cm³/mol. The van der Waals surface area contributed by atoms with Crippen LogP contribution in [0.5, 0.6) is 0 Å². The molecule has 2 unspecified atom stereocenters. The van der Waals surface area contributed by atoms with Crippen LogP contribution in [0, 0.1) is 10.8 Å². The number of likely N-dealkylation sites (tertiary alicyclic amines) is 1. The Kier molecular flexibility index (Phi) is 2.63. The molecule has 0 spiro atoms. The first kappa shape index (κ1) is 12.9. The molecule has 1 aliphatic carbocycles. The molecule has 0 radical (unpaired) electrons. The fraction of sp³-hybridized carbons (Fsp3) is 0.929. The number of nitrogens with two attached hydrogens (primary N) is 1. The van der Waals surface area contributed by atoms with Gasteiger partial charge in [-0.3, -0.25) is 9.69 Å². The standard InChI is InChI=1S/C14H26N2O/c1-12(2)6-10-7-14(5,8-12)9-16(10)13(3,4)11(15)17/h10H,6-9H2,1-5H3,(H2,15,17). The molecule has 2 rings (SSSR count). The number of fused-ring (bicyclic) bond motifs is 2. The van der Waals surface area contributed by atoms with Gasteiger partial charge in [0.1, 0.15) is 0 Å². The van der Waals surface area contributed by atoms with Crippen molar-refractivity contribution in [3.8, 4) is 0 Å². The van der Waals surface area contributed by atoms with E-state index in [1.54, 1.807) is 0 Å². The Hall–Kier alpha value is -0.570. The lowest BCUT2D eigenvalue weighted by atomic mass is 9.65. The number of primary amides is 1. The second-order valence-electron chi connectivity index (χ2n) is 7.76. The lowest BCUT2D eigenvalue weighted by molar-refractivity contribution is -0.129. The summed E-state index contributed by atoms with van der Waals surface area (Å²) < 4.78 is 0. The molecule has 17 heavy (non-hydrogen) atoms. The first-order valence-electron chi connectivity index (χ1n) is 6.63. The number of carbonyl (C=O) groups is 1. The largest absolute Gasteiger partial charge is 0.368 e. The Morgan fingerprint density at radius 3 is 2.41 bits per heavy atom. The van der Waals surface area contributed by atoms with Gasteiger partial charge in [0.25, 0.3) is 0 Å². The molecular weight excluding hydrogens is 212 g/mol.